The highest BCUT2D eigenvalue weighted by molar-refractivity contribution is 6.37. The van der Waals surface area contributed by atoms with E-state index in [9.17, 15) is 0 Å². The molecule has 1 aliphatic heterocycles. The number of hydrogen-bond donors (Lipinski definition) is 1. The van der Waals surface area contributed by atoms with Gasteiger partial charge in [-0.2, -0.15) is 0 Å². The SMILES string of the molecule is OCCOC1CCN(CCOc2c(Cl)cccc2Cl)CC1. The second-order valence-electron chi connectivity index (χ2n) is 5.03. The van der Waals surface area contributed by atoms with E-state index in [2.05, 4.69) is 4.90 Å². The van der Waals surface area contributed by atoms with Crippen molar-refractivity contribution < 1.29 is 14.6 Å². The fraction of sp³-hybridized carbons (Fsp3) is 0.600. The number of hydrogen-bond acceptors (Lipinski definition) is 4. The first-order valence-corrected chi connectivity index (χ1v) is 7.98. The maximum absolute atomic E-state index is 8.74. The fourth-order valence-electron chi connectivity index (χ4n) is 2.42. The molecule has 1 aromatic rings. The first-order chi connectivity index (χ1) is 10.2. The highest BCUT2D eigenvalue weighted by atomic mass is 35.5. The van der Waals surface area contributed by atoms with E-state index in [0.717, 1.165) is 32.5 Å². The van der Waals surface area contributed by atoms with Gasteiger partial charge >= 0.3 is 0 Å². The Kier molecular flexibility index (Phi) is 7.07. The van der Waals surface area contributed by atoms with Crippen LogP contribution in [0.4, 0.5) is 0 Å². The van der Waals surface area contributed by atoms with E-state index in [4.69, 9.17) is 37.8 Å². The molecule has 1 aliphatic rings. The minimum absolute atomic E-state index is 0.0899. The number of rotatable bonds is 7. The lowest BCUT2D eigenvalue weighted by atomic mass is 10.1. The Morgan fingerprint density at radius 1 is 1.14 bits per heavy atom. The number of nitrogens with zero attached hydrogens (tertiary/aromatic N) is 1. The summed E-state index contributed by atoms with van der Waals surface area (Å²) in [7, 11) is 0. The highest BCUT2D eigenvalue weighted by Crippen LogP contribution is 2.32. The molecule has 1 heterocycles. The molecule has 4 nitrogen and oxygen atoms in total. The van der Waals surface area contributed by atoms with E-state index < -0.39 is 0 Å². The first kappa shape index (κ1) is 16.8. The largest absolute Gasteiger partial charge is 0.489 e. The molecule has 118 valence electrons. The lowest BCUT2D eigenvalue weighted by molar-refractivity contribution is -0.00923. The summed E-state index contributed by atoms with van der Waals surface area (Å²) >= 11 is 12.1. The Bertz CT molecular complexity index is 417. The van der Waals surface area contributed by atoms with Crippen LogP contribution in [0, 0.1) is 0 Å². The van der Waals surface area contributed by atoms with Crippen LogP contribution >= 0.6 is 23.2 Å². The summed E-state index contributed by atoms with van der Waals surface area (Å²) in [6, 6.07) is 5.34. The van der Waals surface area contributed by atoms with Gasteiger partial charge in [-0.25, -0.2) is 0 Å². The summed E-state index contributed by atoms with van der Waals surface area (Å²) in [6.07, 6.45) is 2.26. The maximum atomic E-state index is 8.74. The summed E-state index contributed by atoms with van der Waals surface area (Å²) < 4.78 is 11.2. The number of piperidine rings is 1. The highest BCUT2D eigenvalue weighted by Gasteiger charge is 2.19. The van der Waals surface area contributed by atoms with Gasteiger partial charge in [0.15, 0.2) is 5.75 Å². The molecule has 21 heavy (non-hydrogen) atoms. The predicted molar refractivity (Wildman–Crippen MR) is 84.5 cm³/mol. The van der Waals surface area contributed by atoms with Crippen molar-refractivity contribution in [2.75, 3.05) is 39.5 Å². The zero-order chi connectivity index (χ0) is 15.1. The molecule has 0 atom stereocenters. The number of halogens is 2. The molecule has 1 fully saturated rings. The number of likely N-dealkylation sites (tertiary alicyclic amines) is 1. The molecule has 1 saturated heterocycles. The van der Waals surface area contributed by atoms with Crippen molar-refractivity contribution in [3.63, 3.8) is 0 Å². The van der Waals surface area contributed by atoms with Crippen LogP contribution in [-0.4, -0.2) is 55.6 Å². The molecule has 0 unspecified atom stereocenters. The Labute approximate surface area is 135 Å². The molecule has 0 amide bonds. The van der Waals surface area contributed by atoms with Gasteiger partial charge in [-0.05, 0) is 25.0 Å². The Hall–Kier alpha value is -0.520. The third-order valence-electron chi connectivity index (χ3n) is 3.55. The van der Waals surface area contributed by atoms with Gasteiger partial charge in [0.2, 0.25) is 0 Å². The zero-order valence-corrected chi connectivity index (χ0v) is 13.4. The van der Waals surface area contributed by atoms with Crippen molar-refractivity contribution in [1.82, 2.24) is 4.90 Å². The molecule has 6 heteroatoms. The van der Waals surface area contributed by atoms with E-state index >= 15 is 0 Å². The minimum atomic E-state index is 0.0899. The van der Waals surface area contributed by atoms with Crippen LogP contribution in [0.2, 0.25) is 10.0 Å². The van der Waals surface area contributed by atoms with Crippen molar-refractivity contribution >= 4 is 23.2 Å². The average Bonchev–Trinajstić information content (AvgIpc) is 2.49. The average molecular weight is 334 g/mol. The van der Waals surface area contributed by atoms with E-state index in [1.54, 1.807) is 18.2 Å². The molecular formula is C15H21Cl2NO3. The Morgan fingerprint density at radius 3 is 2.43 bits per heavy atom. The number of para-hydroxylation sites is 1. The van der Waals surface area contributed by atoms with Crippen LogP contribution in [0.15, 0.2) is 18.2 Å². The number of aliphatic hydroxyl groups is 1. The second kappa shape index (κ2) is 8.81. The van der Waals surface area contributed by atoms with Gasteiger partial charge in [-0.1, -0.05) is 29.3 Å². The van der Waals surface area contributed by atoms with Crippen molar-refractivity contribution in [1.29, 1.82) is 0 Å². The molecule has 0 saturated carbocycles. The normalized spacial score (nSPS) is 17.1. The second-order valence-corrected chi connectivity index (χ2v) is 5.85. The first-order valence-electron chi connectivity index (χ1n) is 7.22. The van der Waals surface area contributed by atoms with Crippen LogP contribution in [0.3, 0.4) is 0 Å². The summed E-state index contributed by atoms with van der Waals surface area (Å²) in [6.45, 7) is 3.89. The molecule has 0 bridgehead atoms. The zero-order valence-electron chi connectivity index (χ0n) is 11.9. The van der Waals surface area contributed by atoms with Gasteiger partial charge in [0.25, 0.3) is 0 Å². The fourth-order valence-corrected chi connectivity index (χ4v) is 2.92. The molecule has 0 spiro atoms. The van der Waals surface area contributed by atoms with E-state index in [1.807, 2.05) is 0 Å². The molecule has 1 aromatic carbocycles. The number of ether oxygens (including phenoxy) is 2. The van der Waals surface area contributed by atoms with Crippen molar-refractivity contribution in [2.24, 2.45) is 0 Å². The van der Waals surface area contributed by atoms with Crippen LogP contribution in [-0.2, 0) is 4.74 Å². The minimum Gasteiger partial charge on any atom is -0.489 e. The van der Waals surface area contributed by atoms with Crippen molar-refractivity contribution in [2.45, 2.75) is 18.9 Å². The van der Waals surface area contributed by atoms with Crippen molar-refractivity contribution in [3.05, 3.63) is 28.2 Å². The summed E-state index contributed by atoms with van der Waals surface area (Å²) in [5.74, 6) is 0.557. The topological polar surface area (TPSA) is 41.9 Å². The third kappa shape index (κ3) is 5.31. The van der Waals surface area contributed by atoms with Crippen LogP contribution in [0.1, 0.15) is 12.8 Å². The van der Waals surface area contributed by atoms with Crippen LogP contribution in [0.5, 0.6) is 5.75 Å². The van der Waals surface area contributed by atoms with E-state index in [0.29, 0.717) is 29.0 Å². The standard InChI is InChI=1S/C15H21Cl2NO3/c16-13-2-1-3-14(17)15(13)21-10-8-18-6-4-12(5-7-18)20-11-9-19/h1-3,12,19H,4-11H2. The molecule has 1 N–H and O–H groups in total. The van der Waals surface area contributed by atoms with E-state index in [1.165, 1.54) is 0 Å². The van der Waals surface area contributed by atoms with Gasteiger partial charge in [0.1, 0.15) is 6.61 Å². The summed E-state index contributed by atoms with van der Waals surface area (Å²) in [5, 5.41) is 9.83. The third-order valence-corrected chi connectivity index (χ3v) is 4.15. The summed E-state index contributed by atoms with van der Waals surface area (Å²) in [5.41, 5.74) is 0. The number of aliphatic hydroxyl groups excluding tert-OH is 1. The number of benzene rings is 1. The van der Waals surface area contributed by atoms with Gasteiger partial charge in [0.05, 0.1) is 29.4 Å². The summed E-state index contributed by atoms with van der Waals surface area (Å²) in [4.78, 5) is 2.34. The Balaban J connectivity index is 1.68. The monoisotopic (exact) mass is 333 g/mol. The van der Waals surface area contributed by atoms with Gasteiger partial charge in [-0.15, -0.1) is 0 Å². The maximum Gasteiger partial charge on any atom is 0.156 e. The van der Waals surface area contributed by atoms with Crippen LogP contribution in [0.25, 0.3) is 0 Å². The molecule has 0 radical (unpaired) electrons. The molecule has 0 aromatic heterocycles. The molecule has 0 aliphatic carbocycles. The van der Waals surface area contributed by atoms with Crippen LogP contribution < -0.4 is 4.74 Å². The smallest absolute Gasteiger partial charge is 0.156 e. The predicted octanol–water partition coefficient (Wildman–Crippen LogP) is 2.85. The quantitative estimate of drug-likeness (QED) is 0.833. The molecule has 2 rings (SSSR count). The van der Waals surface area contributed by atoms with E-state index in [-0.39, 0.29) is 12.7 Å². The van der Waals surface area contributed by atoms with Gasteiger partial charge in [0, 0.05) is 19.6 Å². The van der Waals surface area contributed by atoms with Crippen molar-refractivity contribution in [3.8, 4) is 5.75 Å². The van der Waals surface area contributed by atoms with Gasteiger partial charge in [-0.3, -0.25) is 4.90 Å². The van der Waals surface area contributed by atoms with Gasteiger partial charge < -0.3 is 14.6 Å². The lowest BCUT2D eigenvalue weighted by Crippen LogP contribution is -2.39. The molecular weight excluding hydrogens is 313 g/mol. The lowest BCUT2D eigenvalue weighted by Gasteiger charge is -2.31. The Morgan fingerprint density at radius 2 is 1.81 bits per heavy atom.